The van der Waals surface area contributed by atoms with Gasteiger partial charge < -0.3 is 14.2 Å². The fraction of sp³-hybridized carbons (Fsp3) is 0.300. The predicted molar refractivity (Wildman–Crippen MR) is 101 cm³/mol. The Balaban J connectivity index is 1.74. The second kappa shape index (κ2) is 10.8. The van der Waals surface area contributed by atoms with E-state index < -0.39 is 0 Å². The summed E-state index contributed by atoms with van der Waals surface area (Å²) < 4.78 is 16.1. The van der Waals surface area contributed by atoms with E-state index in [1.807, 2.05) is 24.3 Å². The Morgan fingerprint density at radius 1 is 1.08 bits per heavy atom. The molecule has 0 saturated carbocycles. The Bertz CT molecular complexity index is 714. The maximum Gasteiger partial charge on any atom is 0.277 e. The van der Waals surface area contributed by atoms with Gasteiger partial charge in [0.25, 0.3) is 5.91 Å². The van der Waals surface area contributed by atoms with E-state index in [0.29, 0.717) is 18.1 Å². The van der Waals surface area contributed by atoms with Gasteiger partial charge in [-0.15, -0.1) is 0 Å². The fourth-order valence-electron chi connectivity index (χ4n) is 2.04. The molecule has 0 aromatic heterocycles. The number of unbranched alkanes of at least 4 members (excludes halogenated alkanes) is 1. The van der Waals surface area contributed by atoms with Crippen LogP contribution in [0.2, 0.25) is 0 Å². The molecule has 0 spiro atoms. The van der Waals surface area contributed by atoms with E-state index in [1.54, 1.807) is 37.6 Å². The van der Waals surface area contributed by atoms with E-state index in [2.05, 4.69) is 17.5 Å². The SMILES string of the molecule is CCCCOc1ccc(/C=N/NC(=O)COc2cccc(OC)c2)cc1. The third-order valence-electron chi connectivity index (χ3n) is 3.46. The third kappa shape index (κ3) is 6.84. The van der Waals surface area contributed by atoms with Crippen molar-refractivity contribution in [1.29, 1.82) is 0 Å². The van der Waals surface area contributed by atoms with Crippen LogP contribution in [0.25, 0.3) is 0 Å². The quantitative estimate of drug-likeness (QED) is 0.402. The van der Waals surface area contributed by atoms with Gasteiger partial charge in [0.2, 0.25) is 0 Å². The van der Waals surface area contributed by atoms with E-state index >= 15 is 0 Å². The molecule has 0 aliphatic heterocycles. The first-order valence-corrected chi connectivity index (χ1v) is 8.53. The van der Waals surface area contributed by atoms with Gasteiger partial charge >= 0.3 is 0 Å². The van der Waals surface area contributed by atoms with Gasteiger partial charge in [0.15, 0.2) is 6.61 Å². The molecule has 1 N–H and O–H groups in total. The van der Waals surface area contributed by atoms with E-state index in [1.165, 1.54) is 0 Å². The summed E-state index contributed by atoms with van der Waals surface area (Å²) in [6.45, 7) is 2.71. The van der Waals surface area contributed by atoms with Crippen LogP contribution in [0.3, 0.4) is 0 Å². The summed E-state index contributed by atoms with van der Waals surface area (Å²) in [5.74, 6) is 1.71. The highest BCUT2D eigenvalue weighted by atomic mass is 16.5. The van der Waals surface area contributed by atoms with Gasteiger partial charge in [-0.1, -0.05) is 19.4 Å². The normalized spacial score (nSPS) is 10.5. The number of nitrogens with zero attached hydrogens (tertiary/aromatic N) is 1. The number of hydrogen-bond donors (Lipinski definition) is 1. The third-order valence-corrected chi connectivity index (χ3v) is 3.46. The Labute approximate surface area is 153 Å². The minimum absolute atomic E-state index is 0.130. The summed E-state index contributed by atoms with van der Waals surface area (Å²) in [7, 11) is 1.57. The summed E-state index contributed by atoms with van der Waals surface area (Å²) in [5.41, 5.74) is 3.29. The van der Waals surface area contributed by atoms with Crippen molar-refractivity contribution < 1.29 is 19.0 Å². The maximum absolute atomic E-state index is 11.8. The number of ether oxygens (including phenoxy) is 3. The molecule has 0 unspecified atom stereocenters. The number of carbonyl (C=O) groups excluding carboxylic acids is 1. The van der Waals surface area contributed by atoms with Gasteiger partial charge in [-0.05, 0) is 48.4 Å². The molecule has 0 aliphatic rings. The van der Waals surface area contributed by atoms with Gasteiger partial charge in [0, 0.05) is 6.07 Å². The molecule has 6 heteroatoms. The van der Waals surface area contributed by atoms with E-state index in [9.17, 15) is 4.79 Å². The minimum atomic E-state index is -0.344. The summed E-state index contributed by atoms with van der Waals surface area (Å²) >= 11 is 0. The van der Waals surface area contributed by atoms with Gasteiger partial charge in [-0.3, -0.25) is 4.79 Å². The van der Waals surface area contributed by atoms with Crippen molar-refractivity contribution in [3.63, 3.8) is 0 Å². The van der Waals surface area contributed by atoms with Crippen LogP contribution in [-0.4, -0.2) is 32.4 Å². The lowest BCUT2D eigenvalue weighted by Gasteiger charge is -2.06. The van der Waals surface area contributed by atoms with Crippen molar-refractivity contribution >= 4 is 12.1 Å². The average Bonchev–Trinajstić information content (AvgIpc) is 2.68. The zero-order valence-electron chi connectivity index (χ0n) is 15.1. The van der Waals surface area contributed by atoms with Gasteiger partial charge in [-0.2, -0.15) is 5.10 Å². The Kier molecular flexibility index (Phi) is 7.99. The number of benzene rings is 2. The first-order valence-electron chi connectivity index (χ1n) is 8.53. The molecule has 0 fully saturated rings. The largest absolute Gasteiger partial charge is 0.497 e. The molecule has 0 atom stereocenters. The molecular weight excluding hydrogens is 332 g/mol. The van der Waals surface area contributed by atoms with Crippen LogP contribution >= 0.6 is 0 Å². The van der Waals surface area contributed by atoms with Crippen LogP contribution in [0.5, 0.6) is 17.2 Å². The topological polar surface area (TPSA) is 69.2 Å². The first kappa shape index (κ1) is 19.3. The van der Waals surface area contributed by atoms with Gasteiger partial charge in [0.05, 0.1) is 19.9 Å². The molecule has 0 heterocycles. The van der Waals surface area contributed by atoms with Crippen LogP contribution in [0.15, 0.2) is 53.6 Å². The number of hydrogen-bond acceptors (Lipinski definition) is 5. The molecule has 1 amide bonds. The Morgan fingerprint density at radius 3 is 2.58 bits per heavy atom. The number of amides is 1. The van der Waals surface area contributed by atoms with Crippen LogP contribution in [0, 0.1) is 0 Å². The summed E-state index contributed by atoms with van der Waals surface area (Å²) in [6.07, 6.45) is 3.71. The van der Waals surface area contributed by atoms with Crippen molar-refractivity contribution in [3.05, 3.63) is 54.1 Å². The zero-order valence-corrected chi connectivity index (χ0v) is 15.1. The lowest BCUT2D eigenvalue weighted by Crippen LogP contribution is -2.24. The minimum Gasteiger partial charge on any atom is -0.497 e. The summed E-state index contributed by atoms with van der Waals surface area (Å²) in [6, 6.07) is 14.6. The van der Waals surface area contributed by atoms with Crippen molar-refractivity contribution in [2.75, 3.05) is 20.3 Å². The Hall–Kier alpha value is -3.02. The molecule has 6 nitrogen and oxygen atoms in total. The molecule has 2 aromatic rings. The molecule has 0 saturated heterocycles. The van der Waals surface area contributed by atoms with Crippen molar-refractivity contribution in [2.45, 2.75) is 19.8 Å². The van der Waals surface area contributed by atoms with Crippen molar-refractivity contribution in [2.24, 2.45) is 5.10 Å². The highest BCUT2D eigenvalue weighted by molar-refractivity contribution is 5.83. The smallest absolute Gasteiger partial charge is 0.277 e. The second-order valence-electron chi connectivity index (χ2n) is 5.53. The molecule has 2 aromatic carbocycles. The average molecular weight is 356 g/mol. The molecule has 26 heavy (non-hydrogen) atoms. The number of methoxy groups -OCH3 is 1. The number of carbonyl (C=O) groups is 1. The standard InChI is InChI=1S/C20H24N2O4/c1-3-4-12-25-17-10-8-16(9-11-17)14-21-22-20(23)15-26-19-7-5-6-18(13-19)24-2/h5-11,13-14H,3-4,12,15H2,1-2H3,(H,22,23)/b21-14+. The van der Waals surface area contributed by atoms with E-state index in [4.69, 9.17) is 14.2 Å². The van der Waals surface area contributed by atoms with Crippen molar-refractivity contribution in [3.8, 4) is 17.2 Å². The summed E-state index contributed by atoms with van der Waals surface area (Å²) in [4.78, 5) is 11.8. The highest BCUT2D eigenvalue weighted by Gasteiger charge is 2.02. The second-order valence-corrected chi connectivity index (χ2v) is 5.53. The van der Waals surface area contributed by atoms with Crippen LogP contribution < -0.4 is 19.6 Å². The van der Waals surface area contributed by atoms with E-state index in [0.717, 1.165) is 24.2 Å². The van der Waals surface area contributed by atoms with Crippen LogP contribution in [0.4, 0.5) is 0 Å². The summed E-state index contributed by atoms with van der Waals surface area (Å²) in [5, 5.41) is 3.92. The lowest BCUT2D eigenvalue weighted by molar-refractivity contribution is -0.123. The molecule has 2 rings (SSSR count). The van der Waals surface area contributed by atoms with Gasteiger partial charge in [-0.25, -0.2) is 5.43 Å². The van der Waals surface area contributed by atoms with Crippen LogP contribution in [0.1, 0.15) is 25.3 Å². The van der Waals surface area contributed by atoms with Gasteiger partial charge in [0.1, 0.15) is 17.2 Å². The highest BCUT2D eigenvalue weighted by Crippen LogP contribution is 2.18. The maximum atomic E-state index is 11.8. The zero-order chi connectivity index (χ0) is 18.6. The number of hydrazone groups is 1. The van der Waals surface area contributed by atoms with E-state index in [-0.39, 0.29) is 12.5 Å². The lowest BCUT2D eigenvalue weighted by atomic mass is 10.2. The van der Waals surface area contributed by atoms with Crippen molar-refractivity contribution in [1.82, 2.24) is 5.43 Å². The molecule has 0 bridgehead atoms. The monoisotopic (exact) mass is 356 g/mol. The number of rotatable bonds is 10. The number of nitrogens with one attached hydrogen (secondary N) is 1. The fourth-order valence-corrected chi connectivity index (χ4v) is 2.04. The molecule has 0 aliphatic carbocycles. The first-order chi connectivity index (χ1) is 12.7. The molecule has 138 valence electrons. The predicted octanol–water partition coefficient (Wildman–Crippen LogP) is 3.40. The molecular formula is C20H24N2O4. The Morgan fingerprint density at radius 2 is 1.85 bits per heavy atom. The van der Waals surface area contributed by atoms with Crippen LogP contribution in [-0.2, 0) is 4.79 Å². The molecule has 0 radical (unpaired) electrons.